The number of hydrogen-bond acceptors (Lipinski definition) is 4. The van der Waals surface area contributed by atoms with Gasteiger partial charge < -0.3 is 19.7 Å². The lowest BCUT2D eigenvalue weighted by atomic mass is 10.2. The van der Waals surface area contributed by atoms with Crippen molar-refractivity contribution in [2.45, 2.75) is 19.4 Å². The van der Waals surface area contributed by atoms with Crippen LogP contribution in [0.3, 0.4) is 0 Å². The zero-order valence-corrected chi connectivity index (χ0v) is 14.6. The van der Waals surface area contributed by atoms with E-state index in [1.165, 1.54) is 0 Å². The average molecular weight is 344 g/mol. The molecule has 0 saturated heterocycles. The summed E-state index contributed by atoms with van der Waals surface area (Å²) in [6.07, 6.45) is 4.36. The largest absolute Gasteiger partial charge is 0.486 e. The predicted molar refractivity (Wildman–Crippen MR) is 93.9 cm³/mol. The number of nitrogens with one attached hydrogen (secondary N) is 1. The van der Waals surface area contributed by atoms with E-state index in [9.17, 15) is 4.79 Å². The van der Waals surface area contributed by atoms with E-state index in [-0.39, 0.29) is 12.1 Å². The summed E-state index contributed by atoms with van der Waals surface area (Å²) in [5.41, 5.74) is 1.10. The van der Waals surface area contributed by atoms with Crippen LogP contribution in [-0.2, 0) is 13.5 Å². The second-order valence-corrected chi connectivity index (χ2v) is 6.04. The first-order chi connectivity index (χ1) is 12.2. The highest BCUT2D eigenvalue weighted by Gasteiger charge is 2.24. The van der Waals surface area contributed by atoms with Crippen molar-refractivity contribution in [1.29, 1.82) is 0 Å². The van der Waals surface area contributed by atoms with Gasteiger partial charge in [-0.3, -0.25) is 4.68 Å². The number of carbonyl (C=O) groups excluding carboxylic acids is 1. The third-order valence-corrected chi connectivity index (χ3v) is 4.11. The molecule has 1 aromatic carbocycles. The topological polar surface area (TPSA) is 68.6 Å². The number of carbonyl (C=O) groups is 1. The first kappa shape index (κ1) is 17.1. The molecule has 7 heteroatoms. The molecule has 0 aliphatic carbocycles. The predicted octanol–water partition coefficient (Wildman–Crippen LogP) is 1.83. The van der Waals surface area contributed by atoms with Crippen LogP contribution in [-0.4, -0.2) is 53.1 Å². The molecule has 0 radical (unpaired) electrons. The van der Waals surface area contributed by atoms with Gasteiger partial charge in [-0.05, 0) is 31.0 Å². The zero-order valence-electron chi connectivity index (χ0n) is 14.6. The molecule has 0 spiro atoms. The van der Waals surface area contributed by atoms with E-state index in [0.717, 1.165) is 23.5 Å². The van der Waals surface area contributed by atoms with Gasteiger partial charge >= 0.3 is 6.03 Å². The Hall–Kier alpha value is -2.70. The number of aromatic nitrogens is 2. The van der Waals surface area contributed by atoms with Gasteiger partial charge in [0, 0.05) is 26.3 Å². The molecule has 0 saturated carbocycles. The van der Waals surface area contributed by atoms with E-state index in [0.29, 0.717) is 26.2 Å². The van der Waals surface area contributed by atoms with Crippen LogP contribution >= 0.6 is 0 Å². The molecule has 1 atom stereocenters. The molecule has 1 aliphatic rings. The average Bonchev–Trinajstić information content (AvgIpc) is 3.04. The summed E-state index contributed by atoms with van der Waals surface area (Å²) < 4.78 is 13.4. The van der Waals surface area contributed by atoms with Gasteiger partial charge in [0.25, 0.3) is 0 Å². The van der Waals surface area contributed by atoms with Crippen molar-refractivity contribution in [1.82, 2.24) is 20.0 Å². The van der Waals surface area contributed by atoms with Crippen molar-refractivity contribution < 1.29 is 14.3 Å². The van der Waals surface area contributed by atoms with E-state index in [1.54, 1.807) is 9.58 Å². The molecular weight excluding hydrogens is 320 g/mol. The molecule has 134 valence electrons. The Morgan fingerprint density at radius 1 is 1.40 bits per heavy atom. The summed E-state index contributed by atoms with van der Waals surface area (Å²) >= 11 is 0. The summed E-state index contributed by atoms with van der Waals surface area (Å²) in [5.74, 6) is 1.48. The van der Waals surface area contributed by atoms with Gasteiger partial charge in [-0.25, -0.2) is 4.79 Å². The second kappa shape index (κ2) is 7.92. The molecule has 1 aliphatic heterocycles. The molecule has 0 bridgehead atoms. The van der Waals surface area contributed by atoms with Crippen LogP contribution in [0.1, 0.15) is 12.5 Å². The van der Waals surface area contributed by atoms with Crippen molar-refractivity contribution >= 4 is 6.03 Å². The third kappa shape index (κ3) is 4.43. The number of rotatable bonds is 6. The van der Waals surface area contributed by atoms with Crippen molar-refractivity contribution in [3.63, 3.8) is 0 Å². The van der Waals surface area contributed by atoms with Crippen molar-refractivity contribution in [3.8, 4) is 11.5 Å². The number of aryl methyl sites for hydroxylation is 1. The van der Waals surface area contributed by atoms with Crippen molar-refractivity contribution in [2.24, 2.45) is 7.05 Å². The summed E-state index contributed by atoms with van der Waals surface area (Å²) in [6, 6.07) is 7.50. The normalized spacial score (nSPS) is 15.7. The molecule has 0 unspecified atom stereocenters. The quantitative estimate of drug-likeness (QED) is 0.868. The number of para-hydroxylation sites is 2. The number of ether oxygens (including phenoxy) is 2. The van der Waals surface area contributed by atoms with Crippen molar-refractivity contribution in [3.05, 3.63) is 42.2 Å². The first-order valence-electron chi connectivity index (χ1n) is 8.54. The maximum atomic E-state index is 12.4. The molecule has 2 heterocycles. The maximum absolute atomic E-state index is 12.4. The highest BCUT2D eigenvalue weighted by atomic mass is 16.6. The van der Waals surface area contributed by atoms with Crippen LogP contribution < -0.4 is 14.8 Å². The minimum absolute atomic E-state index is 0.0890. The van der Waals surface area contributed by atoms with Gasteiger partial charge in [-0.2, -0.15) is 5.10 Å². The Morgan fingerprint density at radius 3 is 2.92 bits per heavy atom. The van der Waals surface area contributed by atoms with Crippen LogP contribution in [0, 0.1) is 0 Å². The lowest BCUT2D eigenvalue weighted by Gasteiger charge is -2.30. The Kier molecular flexibility index (Phi) is 5.42. The number of amides is 2. The second-order valence-electron chi connectivity index (χ2n) is 6.04. The molecule has 3 rings (SSSR count). The molecule has 1 N–H and O–H groups in total. The molecule has 0 fully saturated rings. The molecule has 25 heavy (non-hydrogen) atoms. The summed E-state index contributed by atoms with van der Waals surface area (Å²) in [4.78, 5) is 14.1. The van der Waals surface area contributed by atoms with Crippen LogP contribution in [0.4, 0.5) is 4.79 Å². The lowest BCUT2D eigenvalue weighted by molar-refractivity contribution is 0.0676. The Bertz CT molecular complexity index is 716. The number of fused-ring (bicyclic) bond motifs is 1. The van der Waals surface area contributed by atoms with Crippen LogP contribution in [0.25, 0.3) is 0 Å². The standard InChI is InChI=1S/C18H24N4O3/c1-3-22(18(23)19-9-8-14-10-20-21(2)11-14)12-15-13-24-16-6-4-5-7-17(16)25-15/h4-7,10-11,15H,3,8-9,12-13H2,1-2H3,(H,19,23)/t15-/m0/s1. The number of urea groups is 1. The molecule has 7 nitrogen and oxygen atoms in total. The molecule has 2 amide bonds. The fraction of sp³-hybridized carbons (Fsp3) is 0.444. The maximum Gasteiger partial charge on any atom is 0.317 e. The Balaban J connectivity index is 1.47. The Morgan fingerprint density at radius 2 is 2.20 bits per heavy atom. The van der Waals surface area contributed by atoms with Gasteiger partial charge in [0.05, 0.1) is 12.7 Å². The van der Waals surface area contributed by atoms with E-state index < -0.39 is 0 Å². The lowest BCUT2D eigenvalue weighted by Crippen LogP contribution is -2.47. The highest BCUT2D eigenvalue weighted by Crippen LogP contribution is 2.30. The minimum atomic E-state index is -0.168. The first-order valence-corrected chi connectivity index (χ1v) is 8.54. The van der Waals surface area contributed by atoms with Gasteiger partial charge in [-0.1, -0.05) is 12.1 Å². The van der Waals surface area contributed by atoms with Crippen LogP contribution in [0.15, 0.2) is 36.7 Å². The number of hydrogen-bond donors (Lipinski definition) is 1. The monoisotopic (exact) mass is 344 g/mol. The molecule has 1 aromatic heterocycles. The van der Waals surface area contributed by atoms with E-state index in [1.807, 2.05) is 50.6 Å². The van der Waals surface area contributed by atoms with Crippen LogP contribution in [0.5, 0.6) is 11.5 Å². The van der Waals surface area contributed by atoms with E-state index in [4.69, 9.17) is 9.47 Å². The van der Waals surface area contributed by atoms with Gasteiger partial charge in [0.2, 0.25) is 0 Å². The smallest absolute Gasteiger partial charge is 0.317 e. The highest BCUT2D eigenvalue weighted by molar-refractivity contribution is 5.74. The van der Waals surface area contributed by atoms with Gasteiger partial charge in [-0.15, -0.1) is 0 Å². The molecule has 2 aromatic rings. The summed E-state index contributed by atoms with van der Waals surface area (Å²) in [6.45, 7) is 4.07. The Labute approximate surface area is 147 Å². The van der Waals surface area contributed by atoms with Crippen molar-refractivity contribution in [2.75, 3.05) is 26.2 Å². The number of nitrogens with zero attached hydrogens (tertiary/aromatic N) is 3. The van der Waals surface area contributed by atoms with Crippen LogP contribution in [0.2, 0.25) is 0 Å². The third-order valence-electron chi connectivity index (χ3n) is 4.11. The zero-order chi connectivity index (χ0) is 17.6. The van der Waals surface area contributed by atoms with E-state index >= 15 is 0 Å². The fourth-order valence-electron chi connectivity index (χ4n) is 2.78. The summed E-state index contributed by atoms with van der Waals surface area (Å²) in [7, 11) is 1.88. The fourth-order valence-corrected chi connectivity index (χ4v) is 2.78. The number of benzene rings is 1. The van der Waals surface area contributed by atoms with E-state index in [2.05, 4.69) is 10.4 Å². The SMILES string of the molecule is CCN(C[C@H]1COc2ccccc2O1)C(=O)NCCc1cnn(C)c1. The number of likely N-dealkylation sites (N-methyl/N-ethyl adjacent to an activating group) is 1. The van der Waals surface area contributed by atoms with Gasteiger partial charge in [0.15, 0.2) is 17.6 Å². The molecular formula is C18H24N4O3. The summed E-state index contributed by atoms with van der Waals surface area (Å²) in [5, 5.41) is 7.08. The minimum Gasteiger partial charge on any atom is -0.486 e. The van der Waals surface area contributed by atoms with Gasteiger partial charge in [0.1, 0.15) is 6.61 Å².